The van der Waals surface area contributed by atoms with Gasteiger partial charge in [-0.2, -0.15) is 0 Å². The Balaban J connectivity index is 2.95. The van der Waals surface area contributed by atoms with Gasteiger partial charge in [-0.3, -0.25) is 0 Å². The first kappa shape index (κ1) is 10.1. The molecule has 0 amide bonds. The van der Waals surface area contributed by atoms with E-state index in [0.29, 0.717) is 5.56 Å². The SMILES string of the molecule is COC(=O)C#Cc1cc(C)cc(O)c1. The molecule has 0 bridgehead atoms. The normalized spacial score (nSPS) is 8.71. The van der Waals surface area contributed by atoms with Crippen LogP contribution in [0.1, 0.15) is 11.1 Å². The number of phenols is 1. The summed E-state index contributed by atoms with van der Waals surface area (Å²) in [7, 11) is 1.27. The predicted molar refractivity (Wildman–Crippen MR) is 51.7 cm³/mol. The van der Waals surface area contributed by atoms with E-state index in [9.17, 15) is 9.90 Å². The minimum atomic E-state index is -0.592. The molecule has 0 aromatic heterocycles. The Morgan fingerprint density at radius 1 is 1.43 bits per heavy atom. The van der Waals surface area contributed by atoms with E-state index in [1.807, 2.05) is 6.92 Å². The zero-order chi connectivity index (χ0) is 10.6. The fourth-order valence-electron chi connectivity index (χ4n) is 1.01. The molecule has 3 nitrogen and oxygen atoms in total. The largest absolute Gasteiger partial charge is 0.508 e. The van der Waals surface area contributed by atoms with E-state index in [1.54, 1.807) is 12.1 Å². The number of carbonyl (C=O) groups excluding carboxylic acids is 1. The number of benzene rings is 1. The lowest BCUT2D eigenvalue weighted by atomic mass is 10.1. The maximum atomic E-state index is 10.7. The number of phenolic OH excluding ortho intramolecular Hbond substituents is 1. The van der Waals surface area contributed by atoms with Gasteiger partial charge in [0, 0.05) is 11.5 Å². The van der Waals surface area contributed by atoms with Gasteiger partial charge in [0.05, 0.1) is 7.11 Å². The van der Waals surface area contributed by atoms with Crippen molar-refractivity contribution in [3.05, 3.63) is 29.3 Å². The molecule has 1 rings (SSSR count). The highest BCUT2D eigenvalue weighted by molar-refractivity contribution is 5.89. The lowest BCUT2D eigenvalue weighted by molar-refractivity contribution is -0.133. The van der Waals surface area contributed by atoms with Gasteiger partial charge in [0.2, 0.25) is 0 Å². The topological polar surface area (TPSA) is 46.5 Å². The van der Waals surface area contributed by atoms with Crippen LogP contribution < -0.4 is 0 Å². The third-order valence-electron chi connectivity index (χ3n) is 1.56. The van der Waals surface area contributed by atoms with Gasteiger partial charge >= 0.3 is 5.97 Å². The molecule has 0 fully saturated rings. The molecule has 1 aromatic carbocycles. The molecule has 0 atom stereocenters. The standard InChI is InChI=1S/C11H10O3/c1-8-5-9(7-10(12)6-8)3-4-11(13)14-2/h5-7,12H,1-2H3. The first-order valence-electron chi connectivity index (χ1n) is 4.02. The van der Waals surface area contributed by atoms with Gasteiger partial charge < -0.3 is 9.84 Å². The molecule has 0 saturated carbocycles. The van der Waals surface area contributed by atoms with Crippen LogP contribution >= 0.6 is 0 Å². The zero-order valence-corrected chi connectivity index (χ0v) is 8.00. The van der Waals surface area contributed by atoms with Gasteiger partial charge in [-0.15, -0.1) is 0 Å². The Bertz CT molecular complexity index is 390. The number of rotatable bonds is 0. The number of hydrogen-bond acceptors (Lipinski definition) is 3. The summed E-state index contributed by atoms with van der Waals surface area (Å²) in [5.74, 6) is 4.42. The van der Waals surface area contributed by atoms with Crippen molar-refractivity contribution in [1.82, 2.24) is 0 Å². The van der Waals surface area contributed by atoms with Crippen molar-refractivity contribution in [3.63, 3.8) is 0 Å². The van der Waals surface area contributed by atoms with Crippen LogP contribution in [0.3, 0.4) is 0 Å². The number of hydrogen-bond donors (Lipinski definition) is 1. The second-order valence-electron chi connectivity index (χ2n) is 2.80. The van der Waals surface area contributed by atoms with Crippen molar-refractivity contribution >= 4 is 5.97 Å². The van der Waals surface area contributed by atoms with Crippen LogP contribution in [0.15, 0.2) is 18.2 Å². The number of esters is 1. The quantitative estimate of drug-likeness (QED) is 0.494. The van der Waals surface area contributed by atoms with E-state index < -0.39 is 5.97 Å². The Morgan fingerprint density at radius 3 is 2.71 bits per heavy atom. The van der Waals surface area contributed by atoms with Gasteiger partial charge in [0.1, 0.15) is 5.75 Å². The average Bonchev–Trinajstić information content (AvgIpc) is 2.12. The molecule has 0 unspecified atom stereocenters. The van der Waals surface area contributed by atoms with Crippen molar-refractivity contribution in [2.75, 3.05) is 7.11 Å². The molecule has 14 heavy (non-hydrogen) atoms. The van der Waals surface area contributed by atoms with Gasteiger partial charge in [-0.1, -0.05) is 5.92 Å². The summed E-state index contributed by atoms with van der Waals surface area (Å²) >= 11 is 0. The van der Waals surface area contributed by atoms with Crippen molar-refractivity contribution in [2.45, 2.75) is 6.92 Å². The molecular formula is C11H10O3. The van der Waals surface area contributed by atoms with Crippen LogP contribution in [0.4, 0.5) is 0 Å². The fourth-order valence-corrected chi connectivity index (χ4v) is 1.01. The molecule has 0 aliphatic heterocycles. The summed E-state index contributed by atoms with van der Waals surface area (Å²) in [6, 6.07) is 4.88. The Labute approximate surface area is 82.3 Å². The maximum absolute atomic E-state index is 10.7. The van der Waals surface area contributed by atoms with Crippen molar-refractivity contribution in [1.29, 1.82) is 0 Å². The molecule has 0 saturated heterocycles. The smallest absolute Gasteiger partial charge is 0.384 e. The number of carbonyl (C=O) groups is 1. The third kappa shape index (κ3) is 2.83. The minimum absolute atomic E-state index is 0.138. The van der Waals surface area contributed by atoms with Crippen LogP contribution in [-0.2, 0) is 9.53 Å². The first-order chi connectivity index (χ1) is 6.61. The Kier molecular flexibility index (Phi) is 3.14. The fraction of sp³-hybridized carbons (Fsp3) is 0.182. The predicted octanol–water partition coefficient (Wildman–Crippen LogP) is 1.23. The number of ether oxygens (including phenoxy) is 1. The summed E-state index contributed by atoms with van der Waals surface area (Å²) in [4.78, 5) is 10.7. The highest BCUT2D eigenvalue weighted by Crippen LogP contribution is 2.13. The number of methoxy groups -OCH3 is 1. The van der Waals surface area contributed by atoms with Crippen molar-refractivity contribution < 1.29 is 14.6 Å². The zero-order valence-electron chi connectivity index (χ0n) is 8.00. The maximum Gasteiger partial charge on any atom is 0.384 e. The molecule has 0 aliphatic rings. The molecule has 1 aromatic rings. The first-order valence-corrected chi connectivity index (χ1v) is 4.02. The lowest BCUT2D eigenvalue weighted by Gasteiger charge is -1.96. The second-order valence-corrected chi connectivity index (χ2v) is 2.80. The van der Waals surface area contributed by atoms with Gasteiger partial charge in [-0.05, 0) is 30.7 Å². The van der Waals surface area contributed by atoms with E-state index >= 15 is 0 Å². The highest BCUT2D eigenvalue weighted by atomic mass is 16.5. The van der Waals surface area contributed by atoms with Gasteiger partial charge in [0.25, 0.3) is 0 Å². The molecule has 1 N–H and O–H groups in total. The summed E-state index contributed by atoms with van der Waals surface area (Å²) in [6.45, 7) is 1.84. The molecular weight excluding hydrogens is 180 g/mol. The van der Waals surface area contributed by atoms with Crippen LogP contribution in [0.5, 0.6) is 5.75 Å². The van der Waals surface area contributed by atoms with Crippen LogP contribution in [0, 0.1) is 18.8 Å². The summed E-state index contributed by atoms with van der Waals surface area (Å²) < 4.78 is 4.36. The van der Waals surface area contributed by atoms with Gasteiger partial charge in [0.15, 0.2) is 0 Å². The van der Waals surface area contributed by atoms with Crippen LogP contribution in [-0.4, -0.2) is 18.2 Å². The van der Waals surface area contributed by atoms with Crippen LogP contribution in [0.2, 0.25) is 0 Å². The average molecular weight is 190 g/mol. The number of aryl methyl sites for hydroxylation is 1. The summed E-state index contributed by atoms with van der Waals surface area (Å²) in [5, 5.41) is 9.23. The lowest BCUT2D eigenvalue weighted by Crippen LogP contribution is -1.94. The highest BCUT2D eigenvalue weighted by Gasteiger charge is 1.95. The monoisotopic (exact) mass is 190 g/mol. The number of aromatic hydroxyl groups is 1. The Morgan fingerprint density at radius 2 is 2.14 bits per heavy atom. The molecule has 0 spiro atoms. The van der Waals surface area contributed by atoms with E-state index in [2.05, 4.69) is 16.6 Å². The van der Waals surface area contributed by atoms with Gasteiger partial charge in [-0.25, -0.2) is 4.79 Å². The molecule has 0 heterocycles. The van der Waals surface area contributed by atoms with E-state index in [0.717, 1.165) is 5.56 Å². The van der Waals surface area contributed by atoms with E-state index in [-0.39, 0.29) is 5.75 Å². The molecule has 72 valence electrons. The third-order valence-corrected chi connectivity index (χ3v) is 1.56. The van der Waals surface area contributed by atoms with Crippen molar-refractivity contribution in [2.24, 2.45) is 0 Å². The van der Waals surface area contributed by atoms with Crippen LogP contribution in [0.25, 0.3) is 0 Å². The van der Waals surface area contributed by atoms with E-state index in [1.165, 1.54) is 13.2 Å². The minimum Gasteiger partial charge on any atom is -0.508 e. The van der Waals surface area contributed by atoms with Crippen molar-refractivity contribution in [3.8, 4) is 17.6 Å². The summed E-state index contributed by atoms with van der Waals surface area (Å²) in [6.07, 6.45) is 0. The molecule has 0 aliphatic carbocycles. The molecule has 0 radical (unpaired) electrons. The van der Waals surface area contributed by atoms with E-state index in [4.69, 9.17) is 0 Å². The Hall–Kier alpha value is -1.95. The molecule has 3 heteroatoms. The summed E-state index contributed by atoms with van der Waals surface area (Å²) in [5.41, 5.74) is 1.48. The second kappa shape index (κ2) is 4.33.